The third kappa shape index (κ3) is 5.28. The van der Waals surface area contributed by atoms with Gasteiger partial charge in [0.15, 0.2) is 5.76 Å². The van der Waals surface area contributed by atoms with Gasteiger partial charge in [-0.05, 0) is 40.5 Å². The van der Waals surface area contributed by atoms with E-state index in [2.05, 4.69) is 20.4 Å². The van der Waals surface area contributed by atoms with E-state index < -0.39 is 5.60 Å². The van der Waals surface area contributed by atoms with Crippen molar-refractivity contribution in [1.82, 2.24) is 20.4 Å². The maximum Gasteiger partial charge on any atom is 0.407 e. The van der Waals surface area contributed by atoms with Gasteiger partial charge in [0.25, 0.3) is 0 Å². The Bertz CT molecular complexity index is 742. The molecule has 0 aliphatic carbocycles. The molecule has 1 amide bonds. The lowest BCUT2D eigenvalue weighted by atomic mass is 10.1. The zero-order valence-electron chi connectivity index (χ0n) is 15.7. The Balaban J connectivity index is 1.46. The van der Waals surface area contributed by atoms with Crippen LogP contribution in [0.3, 0.4) is 0 Å². The largest absolute Gasteiger partial charge is 0.444 e. The van der Waals surface area contributed by atoms with Crippen LogP contribution in [0, 0.1) is 6.92 Å². The van der Waals surface area contributed by atoms with Gasteiger partial charge >= 0.3 is 6.09 Å². The van der Waals surface area contributed by atoms with E-state index >= 15 is 0 Å². The van der Waals surface area contributed by atoms with Gasteiger partial charge in [-0.1, -0.05) is 5.16 Å². The molecule has 0 radical (unpaired) electrons. The molecule has 1 N–H and O–H groups in total. The summed E-state index contributed by atoms with van der Waals surface area (Å²) in [6.07, 6.45) is 1.50. The van der Waals surface area contributed by atoms with Gasteiger partial charge < -0.3 is 14.6 Å². The van der Waals surface area contributed by atoms with Crippen LogP contribution in [0.1, 0.15) is 44.3 Å². The van der Waals surface area contributed by atoms with E-state index in [1.165, 1.54) is 0 Å². The number of carbonyl (C=O) groups excluding carboxylic acids is 1. The van der Waals surface area contributed by atoms with E-state index in [-0.39, 0.29) is 12.1 Å². The third-order valence-corrected chi connectivity index (χ3v) is 4.93. The zero-order chi connectivity index (χ0) is 18.7. The number of alkyl carbamates (subject to hydrolysis) is 1. The van der Waals surface area contributed by atoms with E-state index in [9.17, 15) is 4.79 Å². The highest BCUT2D eigenvalue weighted by Crippen LogP contribution is 2.24. The van der Waals surface area contributed by atoms with Crippen LogP contribution < -0.4 is 5.32 Å². The Morgan fingerprint density at radius 3 is 2.77 bits per heavy atom. The van der Waals surface area contributed by atoms with Crippen molar-refractivity contribution in [2.24, 2.45) is 0 Å². The highest BCUT2D eigenvalue weighted by molar-refractivity contribution is 7.09. The first-order valence-electron chi connectivity index (χ1n) is 8.88. The molecule has 142 valence electrons. The molecule has 0 saturated carbocycles. The highest BCUT2D eigenvalue weighted by atomic mass is 32.1. The van der Waals surface area contributed by atoms with Crippen molar-refractivity contribution in [3.8, 4) is 11.5 Å². The Morgan fingerprint density at radius 2 is 2.15 bits per heavy atom. The average molecular weight is 378 g/mol. The molecule has 1 aliphatic heterocycles. The number of piperidine rings is 1. The summed E-state index contributed by atoms with van der Waals surface area (Å²) in [5.74, 6) is 0.713. The number of hydrogen-bond acceptors (Lipinski definition) is 7. The minimum atomic E-state index is -0.463. The zero-order valence-corrected chi connectivity index (χ0v) is 16.6. The molecule has 0 spiro atoms. The SMILES string of the molecule is Cc1cc(-c2csc(CN3CCC(NC(=O)OC(C)(C)C)CC3)n2)on1. The van der Waals surface area contributed by atoms with Crippen molar-refractivity contribution in [3.05, 3.63) is 22.1 Å². The summed E-state index contributed by atoms with van der Waals surface area (Å²) in [5.41, 5.74) is 1.23. The van der Waals surface area contributed by atoms with Crippen molar-refractivity contribution < 1.29 is 14.1 Å². The summed E-state index contributed by atoms with van der Waals surface area (Å²) in [4.78, 5) is 18.9. The number of hydrogen-bond donors (Lipinski definition) is 1. The van der Waals surface area contributed by atoms with Crippen molar-refractivity contribution >= 4 is 17.4 Å². The fourth-order valence-electron chi connectivity index (χ4n) is 2.88. The monoisotopic (exact) mass is 378 g/mol. The van der Waals surface area contributed by atoms with E-state index in [0.717, 1.165) is 48.9 Å². The molecule has 3 rings (SSSR count). The van der Waals surface area contributed by atoms with Gasteiger partial charge in [0.2, 0.25) is 0 Å². The van der Waals surface area contributed by atoms with Crippen molar-refractivity contribution in [3.63, 3.8) is 0 Å². The second-order valence-electron chi connectivity index (χ2n) is 7.66. The van der Waals surface area contributed by atoms with Crippen molar-refractivity contribution in [1.29, 1.82) is 0 Å². The first-order chi connectivity index (χ1) is 12.3. The smallest absolute Gasteiger partial charge is 0.407 e. The number of thiazole rings is 1. The standard InChI is InChI=1S/C18H26N4O3S/c1-12-9-15(25-21-12)14-11-26-16(20-14)10-22-7-5-13(6-8-22)19-17(23)24-18(2,3)4/h9,11,13H,5-8,10H2,1-4H3,(H,19,23). The Labute approximate surface area is 157 Å². The molecule has 2 aromatic heterocycles. The van der Waals surface area contributed by atoms with E-state index in [4.69, 9.17) is 9.26 Å². The summed E-state index contributed by atoms with van der Waals surface area (Å²) < 4.78 is 10.6. The van der Waals surface area contributed by atoms with Gasteiger partial charge in [-0.15, -0.1) is 11.3 Å². The van der Waals surface area contributed by atoms with Crippen LogP contribution in [0.2, 0.25) is 0 Å². The molecule has 1 fully saturated rings. The van der Waals surface area contributed by atoms with Crippen LogP contribution >= 0.6 is 11.3 Å². The molecular formula is C18H26N4O3S. The van der Waals surface area contributed by atoms with Crippen LogP contribution in [-0.2, 0) is 11.3 Å². The minimum Gasteiger partial charge on any atom is -0.444 e. The molecule has 26 heavy (non-hydrogen) atoms. The number of nitrogens with one attached hydrogen (secondary N) is 1. The third-order valence-electron chi connectivity index (χ3n) is 4.10. The van der Waals surface area contributed by atoms with Gasteiger partial charge in [0.05, 0.1) is 12.2 Å². The van der Waals surface area contributed by atoms with Crippen LogP contribution in [0.4, 0.5) is 4.79 Å². The molecule has 0 aromatic carbocycles. The second kappa shape index (κ2) is 7.75. The summed E-state index contributed by atoms with van der Waals surface area (Å²) in [7, 11) is 0. The second-order valence-corrected chi connectivity index (χ2v) is 8.60. The molecule has 2 aromatic rings. The summed E-state index contributed by atoms with van der Waals surface area (Å²) >= 11 is 1.63. The van der Waals surface area contributed by atoms with Crippen LogP contribution in [0.25, 0.3) is 11.5 Å². The number of likely N-dealkylation sites (tertiary alicyclic amines) is 1. The first kappa shape index (κ1) is 18.8. The summed E-state index contributed by atoms with van der Waals surface area (Å²) in [5, 5.41) is 9.94. The molecule has 8 heteroatoms. The molecule has 0 unspecified atom stereocenters. The normalized spacial score (nSPS) is 16.6. The number of amides is 1. The van der Waals surface area contributed by atoms with Crippen molar-refractivity contribution in [2.45, 2.75) is 58.7 Å². The summed E-state index contributed by atoms with van der Waals surface area (Å²) in [6.45, 7) is 10.2. The first-order valence-corrected chi connectivity index (χ1v) is 9.76. The van der Waals surface area contributed by atoms with Gasteiger partial charge in [0.1, 0.15) is 16.3 Å². The predicted molar refractivity (Wildman–Crippen MR) is 100 cm³/mol. The van der Waals surface area contributed by atoms with E-state index in [1.807, 2.05) is 39.1 Å². The van der Waals surface area contributed by atoms with Crippen LogP contribution in [0.15, 0.2) is 16.0 Å². The van der Waals surface area contributed by atoms with Crippen LogP contribution in [0.5, 0.6) is 0 Å². The maximum atomic E-state index is 11.9. The van der Waals surface area contributed by atoms with Crippen molar-refractivity contribution in [2.75, 3.05) is 13.1 Å². The Morgan fingerprint density at radius 1 is 1.42 bits per heavy atom. The molecule has 7 nitrogen and oxygen atoms in total. The fraction of sp³-hybridized carbons (Fsp3) is 0.611. The molecular weight excluding hydrogens is 352 g/mol. The van der Waals surface area contributed by atoms with Crippen LogP contribution in [-0.4, -0.2) is 45.9 Å². The number of aryl methyl sites for hydroxylation is 1. The maximum absolute atomic E-state index is 11.9. The Kier molecular flexibility index (Phi) is 5.62. The lowest BCUT2D eigenvalue weighted by Gasteiger charge is -2.32. The van der Waals surface area contributed by atoms with Gasteiger partial charge in [-0.3, -0.25) is 4.90 Å². The lowest BCUT2D eigenvalue weighted by molar-refractivity contribution is 0.0477. The Hall–Kier alpha value is -1.93. The lowest BCUT2D eigenvalue weighted by Crippen LogP contribution is -2.45. The highest BCUT2D eigenvalue weighted by Gasteiger charge is 2.24. The van der Waals surface area contributed by atoms with Gasteiger partial charge in [-0.2, -0.15) is 0 Å². The predicted octanol–water partition coefficient (Wildman–Crippen LogP) is 3.60. The molecule has 1 aliphatic rings. The molecule has 0 bridgehead atoms. The van der Waals surface area contributed by atoms with E-state index in [0.29, 0.717) is 5.76 Å². The average Bonchev–Trinajstić information content (AvgIpc) is 3.16. The minimum absolute atomic E-state index is 0.171. The van der Waals surface area contributed by atoms with E-state index in [1.54, 1.807) is 11.3 Å². The number of aromatic nitrogens is 2. The molecule has 1 saturated heterocycles. The summed E-state index contributed by atoms with van der Waals surface area (Å²) in [6, 6.07) is 2.07. The number of ether oxygens (including phenoxy) is 1. The van der Waals surface area contributed by atoms with Gasteiger partial charge in [0, 0.05) is 30.6 Å². The number of nitrogens with zero attached hydrogens (tertiary/aromatic N) is 3. The fourth-order valence-corrected chi connectivity index (χ4v) is 3.71. The quantitative estimate of drug-likeness (QED) is 0.876. The van der Waals surface area contributed by atoms with Gasteiger partial charge in [-0.25, -0.2) is 9.78 Å². The number of rotatable bonds is 4. The topological polar surface area (TPSA) is 80.5 Å². The molecule has 0 atom stereocenters. The number of carbonyl (C=O) groups is 1. The molecule has 3 heterocycles.